The lowest BCUT2D eigenvalue weighted by Gasteiger charge is -2.44. The molecule has 1 N–H and O–H groups in total. The summed E-state index contributed by atoms with van der Waals surface area (Å²) in [6.45, 7) is 9.82. The largest absolute Gasteiger partial charge is 0.381 e. The summed E-state index contributed by atoms with van der Waals surface area (Å²) in [6, 6.07) is -0.815. The van der Waals surface area contributed by atoms with Gasteiger partial charge in [-0.3, -0.25) is 9.59 Å². The number of ether oxygens (including phenoxy) is 1. The second-order valence-electron chi connectivity index (χ2n) is 6.72. The van der Waals surface area contributed by atoms with Crippen molar-refractivity contribution in [1.82, 2.24) is 10.2 Å². The Balaban J connectivity index is 2.20. The number of carbonyl (C=O) groups excluding carboxylic acids is 2. The molecule has 3 atom stereocenters. The van der Waals surface area contributed by atoms with Gasteiger partial charge >= 0.3 is 0 Å². The highest BCUT2D eigenvalue weighted by atomic mass is 16.5. The molecular weight excluding hydrogens is 244 g/mol. The number of nitrogens with zero attached hydrogens (tertiary/aromatic N) is 1. The monoisotopic (exact) mass is 268 g/mol. The van der Waals surface area contributed by atoms with Gasteiger partial charge in [0.25, 0.3) is 0 Å². The highest BCUT2D eigenvalue weighted by molar-refractivity contribution is 5.97. The molecule has 5 nitrogen and oxygen atoms in total. The van der Waals surface area contributed by atoms with Crippen molar-refractivity contribution < 1.29 is 14.3 Å². The minimum Gasteiger partial charge on any atom is -0.381 e. The molecule has 0 aromatic heterocycles. The summed E-state index contributed by atoms with van der Waals surface area (Å²) >= 11 is 0. The molecule has 2 fully saturated rings. The van der Waals surface area contributed by atoms with E-state index in [0.29, 0.717) is 19.1 Å². The van der Waals surface area contributed by atoms with Gasteiger partial charge in [0.15, 0.2) is 0 Å². The minimum absolute atomic E-state index is 0.0198. The summed E-state index contributed by atoms with van der Waals surface area (Å²) in [7, 11) is 0. The predicted octanol–water partition coefficient (Wildman–Crippen LogP) is 0.784. The maximum atomic E-state index is 12.4. The highest BCUT2D eigenvalue weighted by Gasteiger charge is 2.45. The normalized spacial score (nSPS) is 32.6. The molecule has 2 amide bonds. The van der Waals surface area contributed by atoms with Gasteiger partial charge in [-0.2, -0.15) is 0 Å². The Kier molecular flexibility index (Phi) is 3.85. The third-order valence-corrected chi connectivity index (χ3v) is 3.87. The van der Waals surface area contributed by atoms with Gasteiger partial charge in [0.05, 0.1) is 6.61 Å². The van der Waals surface area contributed by atoms with Crippen LogP contribution < -0.4 is 5.32 Å². The van der Waals surface area contributed by atoms with Crippen LogP contribution in [0.5, 0.6) is 0 Å². The first kappa shape index (κ1) is 14.3. The Bertz CT molecular complexity index is 369. The molecule has 108 valence electrons. The van der Waals surface area contributed by atoms with Gasteiger partial charge in [-0.05, 0) is 18.8 Å². The Morgan fingerprint density at radius 3 is 2.58 bits per heavy atom. The van der Waals surface area contributed by atoms with Crippen LogP contribution in [0.25, 0.3) is 0 Å². The Morgan fingerprint density at radius 1 is 1.37 bits per heavy atom. The summed E-state index contributed by atoms with van der Waals surface area (Å²) in [6.07, 6.45) is 0.969. The predicted molar refractivity (Wildman–Crippen MR) is 71.5 cm³/mol. The SMILES string of the molecule is CC1NC(=O)C(C(C)(C)C)N(CC2CCOC2)C1=O. The lowest BCUT2D eigenvalue weighted by molar-refractivity contribution is -0.154. The lowest BCUT2D eigenvalue weighted by atomic mass is 9.82. The van der Waals surface area contributed by atoms with Crippen molar-refractivity contribution in [2.24, 2.45) is 11.3 Å². The smallest absolute Gasteiger partial charge is 0.245 e. The molecule has 19 heavy (non-hydrogen) atoms. The lowest BCUT2D eigenvalue weighted by Crippen LogP contribution is -2.66. The van der Waals surface area contributed by atoms with Crippen LogP contribution in [0.15, 0.2) is 0 Å². The second kappa shape index (κ2) is 5.12. The summed E-state index contributed by atoms with van der Waals surface area (Å²) in [5, 5.41) is 2.78. The first-order chi connectivity index (χ1) is 8.80. The maximum absolute atomic E-state index is 12.4. The maximum Gasteiger partial charge on any atom is 0.245 e. The molecule has 2 heterocycles. The summed E-state index contributed by atoms with van der Waals surface area (Å²) in [4.78, 5) is 26.4. The van der Waals surface area contributed by atoms with E-state index in [1.807, 2.05) is 20.8 Å². The fourth-order valence-electron chi connectivity index (χ4n) is 2.93. The van der Waals surface area contributed by atoms with Gasteiger partial charge in [-0.25, -0.2) is 0 Å². The van der Waals surface area contributed by atoms with Crippen molar-refractivity contribution in [1.29, 1.82) is 0 Å². The van der Waals surface area contributed by atoms with E-state index in [-0.39, 0.29) is 17.2 Å². The number of nitrogens with one attached hydrogen (secondary N) is 1. The second-order valence-corrected chi connectivity index (χ2v) is 6.72. The van der Waals surface area contributed by atoms with E-state index in [9.17, 15) is 9.59 Å². The molecule has 0 saturated carbocycles. The summed E-state index contributed by atoms with van der Waals surface area (Å²) < 4.78 is 5.37. The van der Waals surface area contributed by atoms with E-state index in [1.54, 1.807) is 11.8 Å². The van der Waals surface area contributed by atoms with E-state index < -0.39 is 12.1 Å². The van der Waals surface area contributed by atoms with E-state index in [2.05, 4.69) is 5.32 Å². The summed E-state index contributed by atoms with van der Waals surface area (Å²) in [5.74, 6) is 0.330. The van der Waals surface area contributed by atoms with Crippen LogP contribution >= 0.6 is 0 Å². The quantitative estimate of drug-likeness (QED) is 0.805. The molecule has 0 bridgehead atoms. The molecule has 2 aliphatic heterocycles. The topological polar surface area (TPSA) is 58.6 Å². The molecule has 0 spiro atoms. The number of hydrogen-bond acceptors (Lipinski definition) is 3. The molecule has 2 aliphatic rings. The molecule has 0 aromatic rings. The molecule has 5 heteroatoms. The summed E-state index contributed by atoms with van der Waals surface area (Å²) in [5.41, 5.74) is -0.265. The number of amides is 2. The van der Waals surface area contributed by atoms with Gasteiger partial charge in [0, 0.05) is 19.1 Å². The van der Waals surface area contributed by atoms with Crippen LogP contribution in [0.1, 0.15) is 34.1 Å². The van der Waals surface area contributed by atoms with Gasteiger partial charge in [0.1, 0.15) is 12.1 Å². The van der Waals surface area contributed by atoms with E-state index >= 15 is 0 Å². The van der Waals surface area contributed by atoms with Crippen LogP contribution in [0.2, 0.25) is 0 Å². The molecule has 2 rings (SSSR count). The van der Waals surface area contributed by atoms with Crippen molar-refractivity contribution in [3.63, 3.8) is 0 Å². The molecular formula is C14H24N2O3. The van der Waals surface area contributed by atoms with Crippen LogP contribution in [-0.4, -0.2) is 48.6 Å². The van der Waals surface area contributed by atoms with Crippen LogP contribution in [0.4, 0.5) is 0 Å². The molecule has 0 aromatic carbocycles. The Labute approximate surface area is 114 Å². The zero-order valence-corrected chi connectivity index (χ0v) is 12.2. The molecule has 2 saturated heterocycles. The number of rotatable bonds is 2. The molecule has 0 aliphatic carbocycles. The van der Waals surface area contributed by atoms with Crippen molar-refractivity contribution in [2.75, 3.05) is 19.8 Å². The van der Waals surface area contributed by atoms with E-state index in [0.717, 1.165) is 13.0 Å². The van der Waals surface area contributed by atoms with Crippen LogP contribution in [-0.2, 0) is 14.3 Å². The standard InChI is InChI=1S/C14H24N2O3/c1-9-13(18)16(7-10-5-6-19-8-10)11(12(17)15-9)14(2,3)4/h9-11H,5-8H2,1-4H3,(H,15,17). The first-order valence-corrected chi connectivity index (χ1v) is 6.99. The minimum atomic E-state index is -0.423. The van der Waals surface area contributed by atoms with Crippen molar-refractivity contribution in [2.45, 2.75) is 46.2 Å². The average molecular weight is 268 g/mol. The van der Waals surface area contributed by atoms with Crippen molar-refractivity contribution >= 4 is 11.8 Å². The van der Waals surface area contributed by atoms with Gasteiger partial charge in [-0.1, -0.05) is 20.8 Å². The fraction of sp³-hybridized carbons (Fsp3) is 0.857. The van der Waals surface area contributed by atoms with Gasteiger partial charge in [0.2, 0.25) is 11.8 Å². The third kappa shape index (κ3) is 2.91. The fourth-order valence-corrected chi connectivity index (χ4v) is 2.93. The number of carbonyl (C=O) groups is 2. The van der Waals surface area contributed by atoms with E-state index in [4.69, 9.17) is 4.74 Å². The average Bonchev–Trinajstić information content (AvgIpc) is 2.76. The van der Waals surface area contributed by atoms with Gasteiger partial charge < -0.3 is 15.0 Å². The highest BCUT2D eigenvalue weighted by Crippen LogP contribution is 2.29. The number of piperazine rings is 1. The van der Waals surface area contributed by atoms with Crippen LogP contribution in [0, 0.1) is 11.3 Å². The first-order valence-electron chi connectivity index (χ1n) is 6.99. The molecule has 0 radical (unpaired) electrons. The van der Waals surface area contributed by atoms with Crippen molar-refractivity contribution in [3.05, 3.63) is 0 Å². The zero-order valence-electron chi connectivity index (χ0n) is 12.2. The van der Waals surface area contributed by atoms with Gasteiger partial charge in [-0.15, -0.1) is 0 Å². The van der Waals surface area contributed by atoms with E-state index in [1.165, 1.54) is 0 Å². The Hall–Kier alpha value is -1.10. The Morgan fingerprint density at radius 2 is 2.05 bits per heavy atom. The van der Waals surface area contributed by atoms with Crippen LogP contribution in [0.3, 0.4) is 0 Å². The zero-order chi connectivity index (χ0) is 14.2. The number of hydrogen-bond donors (Lipinski definition) is 1. The van der Waals surface area contributed by atoms with Crippen molar-refractivity contribution in [3.8, 4) is 0 Å². The third-order valence-electron chi connectivity index (χ3n) is 3.87. The molecule has 3 unspecified atom stereocenters.